The van der Waals surface area contributed by atoms with E-state index < -0.39 is 0 Å². The Balaban J connectivity index is 1.76. The fourth-order valence-corrected chi connectivity index (χ4v) is 2.96. The molecule has 1 heterocycles. The largest absolute Gasteiger partial charge is 0.348 e. The molecule has 2 fully saturated rings. The average Bonchev–Trinajstić information content (AvgIpc) is 2.85. The quantitative estimate of drug-likeness (QED) is 0.746. The Morgan fingerprint density at radius 3 is 2.30 bits per heavy atom. The van der Waals surface area contributed by atoms with Gasteiger partial charge in [0.15, 0.2) is 0 Å². The summed E-state index contributed by atoms with van der Waals surface area (Å²) in [6, 6.07) is 0.197. The van der Waals surface area contributed by atoms with E-state index >= 15 is 0 Å². The summed E-state index contributed by atoms with van der Waals surface area (Å²) in [7, 11) is 3.54. The van der Waals surface area contributed by atoms with Crippen LogP contribution in [0.2, 0.25) is 0 Å². The van der Waals surface area contributed by atoms with E-state index in [0.29, 0.717) is 6.54 Å². The first-order valence-corrected chi connectivity index (χ1v) is 7.44. The Morgan fingerprint density at radius 1 is 1.15 bits per heavy atom. The van der Waals surface area contributed by atoms with Gasteiger partial charge in [0.2, 0.25) is 11.8 Å². The Morgan fingerprint density at radius 2 is 1.80 bits per heavy atom. The second kappa shape index (κ2) is 6.54. The van der Waals surface area contributed by atoms with Gasteiger partial charge in [-0.2, -0.15) is 0 Å². The molecule has 0 aromatic carbocycles. The van der Waals surface area contributed by atoms with Gasteiger partial charge in [-0.05, 0) is 19.3 Å². The van der Waals surface area contributed by atoms with Crippen LogP contribution in [-0.2, 0) is 9.59 Å². The van der Waals surface area contributed by atoms with E-state index in [1.54, 1.807) is 19.0 Å². The summed E-state index contributed by atoms with van der Waals surface area (Å²) < 4.78 is 0. The first kappa shape index (κ1) is 15.3. The third-order valence-corrected chi connectivity index (χ3v) is 4.36. The predicted molar refractivity (Wildman–Crippen MR) is 77.0 cm³/mol. The molecule has 1 aliphatic heterocycles. The van der Waals surface area contributed by atoms with Crippen LogP contribution in [0.1, 0.15) is 19.3 Å². The van der Waals surface area contributed by atoms with Crippen LogP contribution in [-0.4, -0.2) is 79.4 Å². The molecule has 0 spiro atoms. The number of likely N-dealkylation sites (N-methyl/N-ethyl adjacent to an activating group) is 1. The highest BCUT2D eigenvalue weighted by Gasteiger charge is 2.32. The summed E-state index contributed by atoms with van der Waals surface area (Å²) in [5.41, 5.74) is 5.88. The number of nitrogens with two attached hydrogens (primary N) is 1. The monoisotopic (exact) mass is 282 g/mol. The summed E-state index contributed by atoms with van der Waals surface area (Å²) in [6.45, 7) is 3.47. The fourth-order valence-electron chi connectivity index (χ4n) is 2.96. The van der Waals surface area contributed by atoms with Gasteiger partial charge in [0, 0.05) is 52.2 Å². The second-order valence-corrected chi connectivity index (χ2v) is 6.16. The van der Waals surface area contributed by atoms with Crippen molar-refractivity contribution < 1.29 is 9.59 Å². The van der Waals surface area contributed by atoms with E-state index in [0.717, 1.165) is 45.4 Å². The van der Waals surface area contributed by atoms with Gasteiger partial charge in [-0.1, -0.05) is 0 Å². The maximum absolute atomic E-state index is 12.4. The Bertz CT molecular complexity index is 364. The third-order valence-electron chi connectivity index (χ3n) is 4.36. The number of carbonyl (C=O) groups excluding carboxylic acids is 2. The van der Waals surface area contributed by atoms with Crippen molar-refractivity contribution in [1.29, 1.82) is 0 Å². The van der Waals surface area contributed by atoms with Crippen LogP contribution in [0.15, 0.2) is 0 Å². The summed E-state index contributed by atoms with van der Waals surface area (Å²) in [5.74, 6) is 0.503. The van der Waals surface area contributed by atoms with Crippen molar-refractivity contribution in [2.24, 2.45) is 11.7 Å². The molecule has 1 aliphatic carbocycles. The predicted octanol–water partition coefficient (Wildman–Crippen LogP) is -0.654. The van der Waals surface area contributed by atoms with E-state index in [4.69, 9.17) is 5.73 Å². The smallest absolute Gasteiger partial charge is 0.236 e. The number of hydrogen-bond donors (Lipinski definition) is 1. The van der Waals surface area contributed by atoms with Gasteiger partial charge in [-0.3, -0.25) is 14.5 Å². The van der Waals surface area contributed by atoms with Crippen molar-refractivity contribution in [2.45, 2.75) is 25.3 Å². The zero-order valence-electron chi connectivity index (χ0n) is 12.5. The lowest BCUT2D eigenvalue weighted by molar-refractivity contribution is -0.137. The minimum absolute atomic E-state index is 0.117. The van der Waals surface area contributed by atoms with E-state index in [9.17, 15) is 9.59 Å². The zero-order valence-corrected chi connectivity index (χ0v) is 12.5. The van der Waals surface area contributed by atoms with Gasteiger partial charge in [-0.25, -0.2) is 0 Å². The topological polar surface area (TPSA) is 69.9 Å². The first-order chi connectivity index (χ1) is 9.47. The highest BCUT2D eigenvalue weighted by atomic mass is 16.2. The van der Waals surface area contributed by atoms with E-state index in [-0.39, 0.29) is 23.8 Å². The first-order valence-electron chi connectivity index (χ1n) is 7.44. The van der Waals surface area contributed by atoms with Crippen molar-refractivity contribution in [2.75, 3.05) is 46.8 Å². The van der Waals surface area contributed by atoms with Crippen LogP contribution in [0.5, 0.6) is 0 Å². The molecule has 1 saturated heterocycles. The van der Waals surface area contributed by atoms with Crippen LogP contribution < -0.4 is 5.73 Å². The number of rotatable bonds is 3. The van der Waals surface area contributed by atoms with E-state index in [1.807, 2.05) is 4.90 Å². The molecule has 1 saturated carbocycles. The third kappa shape index (κ3) is 3.70. The van der Waals surface area contributed by atoms with Crippen LogP contribution >= 0.6 is 0 Å². The van der Waals surface area contributed by atoms with Gasteiger partial charge < -0.3 is 15.5 Å². The number of carbonyl (C=O) groups is 2. The zero-order chi connectivity index (χ0) is 14.7. The Kier molecular flexibility index (Phi) is 4.99. The minimum Gasteiger partial charge on any atom is -0.348 e. The van der Waals surface area contributed by atoms with E-state index in [2.05, 4.69) is 4.90 Å². The molecule has 6 nitrogen and oxygen atoms in total. The van der Waals surface area contributed by atoms with Crippen molar-refractivity contribution >= 4 is 11.8 Å². The molecular formula is C14H26N4O2. The van der Waals surface area contributed by atoms with Gasteiger partial charge in [0.05, 0.1) is 6.54 Å². The number of amides is 2. The molecule has 114 valence electrons. The molecule has 0 radical (unpaired) electrons. The number of hydrogen-bond acceptors (Lipinski definition) is 4. The van der Waals surface area contributed by atoms with Crippen molar-refractivity contribution in [1.82, 2.24) is 14.7 Å². The molecular weight excluding hydrogens is 256 g/mol. The molecule has 2 aliphatic rings. The fraction of sp³-hybridized carbons (Fsp3) is 0.857. The molecule has 0 aromatic rings. The van der Waals surface area contributed by atoms with Crippen LogP contribution in [0.3, 0.4) is 0 Å². The summed E-state index contributed by atoms with van der Waals surface area (Å²) in [6.07, 6.45) is 2.73. The SMILES string of the molecule is CN(C)C(=O)CN1CCN(C(=O)C2CCC(N)C2)CC1. The Hall–Kier alpha value is -1.14. The highest BCUT2D eigenvalue weighted by Crippen LogP contribution is 2.26. The molecule has 2 N–H and O–H groups in total. The summed E-state index contributed by atoms with van der Waals surface area (Å²) >= 11 is 0. The lowest BCUT2D eigenvalue weighted by atomic mass is 10.1. The van der Waals surface area contributed by atoms with Crippen molar-refractivity contribution in [3.8, 4) is 0 Å². The normalized spacial score (nSPS) is 27.6. The second-order valence-electron chi connectivity index (χ2n) is 6.16. The van der Waals surface area contributed by atoms with Crippen molar-refractivity contribution in [3.63, 3.8) is 0 Å². The van der Waals surface area contributed by atoms with Gasteiger partial charge >= 0.3 is 0 Å². The molecule has 20 heavy (non-hydrogen) atoms. The average molecular weight is 282 g/mol. The van der Waals surface area contributed by atoms with E-state index in [1.165, 1.54) is 0 Å². The number of nitrogens with zero attached hydrogens (tertiary/aromatic N) is 3. The lowest BCUT2D eigenvalue weighted by Gasteiger charge is -2.36. The van der Waals surface area contributed by atoms with Crippen LogP contribution in [0.25, 0.3) is 0 Å². The molecule has 6 heteroatoms. The summed E-state index contributed by atoms with van der Waals surface area (Å²) in [4.78, 5) is 29.7. The van der Waals surface area contributed by atoms with Crippen LogP contribution in [0.4, 0.5) is 0 Å². The van der Waals surface area contributed by atoms with Gasteiger partial charge in [-0.15, -0.1) is 0 Å². The maximum atomic E-state index is 12.4. The molecule has 2 unspecified atom stereocenters. The standard InChI is InChI=1S/C14H26N4O2/c1-16(2)13(19)10-17-5-7-18(8-6-17)14(20)11-3-4-12(15)9-11/h11-12H,3-10,15H2,1-2H3. The molecule has 0 aromatic heterocycles. The molecule has 2 atom stereocenters. The van der Waals surface area contributed by atoms with Gasteiger partial charge in [0.1, 0.15) is 0 Å². The number of piperazine rings is 1. The highest BCUT2D eigenvalue weighted by molar-refractivity contribution is 5.79. The molecule has 2 rings (SSSR count). The minimum atomic E-state index is 0.117. The summed E-state index contributed by atoms with van der Waals surface area (Å²) in [5, 5.41) is 0. The molecule has 0 bridgehead atoms. The van der Waals surface area contributed by atoms with Crippen LogP contribution in [0, 0.1) is 5.92 Å². The maximum Gasteiger partial charge on any atom is 0.236 e. The molecule has 2 amide bonds. The lowest BCUT2D eigenvalue weighted by Crippen LogP contribution is -2.52. The van der Waals surface area contributed by atoms with Gasteiger partial charge in [0.25, 0.3) is 0 Å². The van der Waals surface area contributed by atoms with Crippen molar-refractivity contribution in [3.05, 3.63) is 0 Å². The Labute approximate surface area is 120 Å².